The van der Waals surface area contributed by atoms with Gasteiger partial charge in [0.05, 0.1) is 11.2 Å². The van der Waals surface area contributed by atoms with Gasteiger partial charge in [-0.1, -0.05) is 11.6 Å². The molecule has 0 aliphatic heterocycles. The molecular weight excluding hydrogens is 222 g/mol. The molecule has 0 unspecified atom stereocenters. The van der Waals surface area contributed by atoms with E-state index in [1.807, 2.05) is 0 Å². The van der Waals surface area contributed by atoms with Gasteiger partial charge < -0.3 is 4.42 Å². The smallest absolute Gasteiger partial charge is 0.335 e. The number of furan rings is 1. The Hall–Kier alpha value is -1.95. The summed E-state index contributed by atoms with van der Waals surface area (Å²) in [5.74, 6) is 0.283. The van der Waals surface area contributed by atoms with Crippen molar-refractivity contribution in [1.82, 2.24) is 9.97 Å². The van der Waals surface area contributed by atoms with Gasteiger partial charge in [-0.3, -0.25) is 10.1 Å². The molecule has 0 aliphatic rings. The van der Waals surface area contributed by atoms with Crippen LogP contribution >= 0.6 is 11.6 Å². The molecule has 0 fully saturated rings. The first-order valence-corrected chi connectivity index (χ1v) is 4.26. The molecule has 2 aromatic rings. The summed E-state index contributed by atoms with van der Waals surface area (Å²) in [7, 11) is 0. The Bertz CT molecular complexity index is 498. The molecule has 2 aromatic heterocycles. The van der Waals surface area contributed by atoms with E-state index in [4.69, 9.17) is 16.0 Å². The largest absolute Gasteiger partial charge is 0.462 e. The molecule has 6 nitrogen and oxygen atoms in total. The third-order valence-corrected chi connectivity index (χ3v) is 1.99. The molecule has 0 aromatic carbocycles. The van der Waals surface area contributed by atoms with Crippen LogP contribution in [-0.2, 0) is 0 Å². The van der Waals surface area contributed by atoms with Crippen LogP contribution in [0.15, 0.2) is 29.1 Å². The van der Waals surface area contributed by atoms with Crippen molar-refractivity contribution in [2.24, 2.45) is 0 Å². The maximum atomic E-state index is 10.7. The van der Waals surface area contributed by atoms with Crippen LogP contribution < -0.4 is 0 Å². The van der Waals surface area contributed by atoms with E-state index in [0.717, 1.165) is 6.33 Å². The maximum Gasteiger partial charge on any atom is 0.335 e. The second-order valence-corrected chi connectivity index (χ2v) is 2.95. The van der Waals surface area contributed by atoms with Gasteiger partial charge in [0.15, 0.2) is 11.5 Å². The second kappa shape index (κ2) is 3.66. The number of hydrogen-bond acceptors (Lipinski definition) is 5. The van der Waals surface area contributed by atoms with Crippen molar-refractivity contribution in [3.05, 3.63) is 40.0 Å². The zero-order valence-electron chi connectivity index (χ0n) is 7.25. The van der Waals surface area contributed by atoms with Crippen molar-refractivity contribution >= 4 is 17.3 Å². The van der Waals surface area contributed by atoms with Gasteiger partial charge in [-0.15, -0.1) is 0 Å². The Morgan fingerprint density at radius 3 is 2.87 bits per heavy atom. The fourth-order valence-corrected chi connectivity index (χ4v) is 1.31. The third-order valence-electron chi connectivity index (χ3n) is 1.71. The Morgan fingerprint density at radius 2 is 2.27 bits per heavy atom. The third kappa shape index (κ3) is 1.66. The van der Waals surface area contributed by atoms with Crippen molar-refractivity contribution in [3.8, 4) is 11.5 Å². The predicted octanol–water partition coefficient (Wildman–Crippen LogP) is 2.30. The molecule has 0 amide bonds. The van der Waals surface area contributed by atoms with E-state index < -0.39 is 4.92 Å². The van der Waals surface area contributed by atoms with E-state index in [-0.39, 0.29) is 22.3 Å². The molecule has 76 valence electrons. The highest BCUT2D eigenvalue weighted by molar-refractivity contribution is 6.31. The number of hydrogen-bond donors (Lipinski definition) is 0. The monoisotopic (exact) mass is 225 g/mol. The molecular formula is C8H4ClN3O3. The summed E-state index contributed by atoms with van der Waals surface area (Å²) in [6, 6.07) is 3.17. The van der Waals surface area contributed by atoms with E-state index in [1.165, 1.54) is 6.26 Å². The van der Waals surface area contributed by atoms with Gasteiger partial charge in [0.25, 0.3) is 0 Å². The quantitative estimate of drug-likeness (QED) is 0.445. The van der Waals surface area contributed by atoms with E-state index in [2.05, 4.69) is 9.97 Å². The first-order valence-electron chi connectivity index (χ1n) is 3.89. The van der Waals surface area contributed by atoms with Gasteiger partial charge in [0.1, 0.15) is 6.33 Å². The van der Waals surface area contributed by atoms with Crippen LogP contribution in [0.2, 0.25) is 5.15 Å². The molecule has 2 heterocycles. The van der Waals surface area contributed by atoms with E-state index >= 15 is 0 Å². The summed E-state index contributed by atoms with van der Waals surface area (Å²) in [4.78, 5) is 17.4. The predicted molar refractivity (Wildman–Crippen MR) is 51.4 cm³/mol. The zero-order valence-corrected chi connectivity index (χ0v) is 8.01. The lowest BCUT2D eigenvalue weighted by atomic mass is 10.3. The van der Waals surface area contributed by atoms with E-state index in [0.29, 0.717) is 0 Å². The molecule has 0 atom stereocenters. The summed E-state index contributed by atoms with van der Waals surface area (Å²) < 4.78 is 5.01. The van der Waals surface area contributed by atoms with Gasteiger partial charge in [-0.2, -0.15) is 0 Å². The van der Waals surface area contributed by atoms with Gasteiger partial charge in [-0.05, 0) is 12.1 Å². The van der Waals surface area contributed by atoms with Crippen molar-refractivity contribution in [2.45, 2.75) is 0 Å². The van der Waals surface area contributed by atoms with Crippen LogP contribution in [-0.4, -0.2) is 14.9 Å². The van der Waals surface area contributed by atoms with Crippen molar-refractivity contribution in [2.75, 3.05) is 0 Å². The van der Waals surface area contributed by atoms with Crippen LogP contribution in [0.3, 0.4) is 0 Å². The summed E-state index contributed by atoms with van der Waals surface area (Å²) in [6.07, 6.45) is 2.54. The maximum absolute atomic E-state index is 10.7. The first kappa shape index (κ1) is 9.60. The second-order valence-electron chi connectivity index (χ2n) is 2.60. The van der Waals surface area contributed by atoms with Gasteiger partial charge >= 0.3 is 5.69 Å². The van der Waals surface area contributed by atoms with Crippen molar-refractivity contribution in [1.29, 1.82) is 0 Å². The van der Waals surface area contributed by atoms with E-state index in [9.17, 15) is 10.1 Å². The van der Waals surface area contributed by atoms with Crippen molar-refractivity contribution in [3.63, 3.8) is 0 Å². The molecule has 7 heteroatoms. The Balaban J connectivity index is 2.66. The molecule has 0 spiro atoms. The number of nitro groups is 1. The van der Waals surface area contributed by atoms with Crippen LogP contribution in [0, 0.1) is 10.1 Å². The standard InChI is InChI=1S/C8H4ClN3O3/c9-8-7(12(13)14)6(10-4-11-8)5-2-1-3-15-5/h1-4H. The average molecular weight is 226 g/mol. The summed E-state index contributed by atoms with van der Waals surface area (Å²) >= 11 is 5.61. The average Bonchev–Trinajstić information content (AvgIpc) is 2.69. The number of nitrogens with zero attached hydrogens (tertiary/aromatic N) is 3. The molecule has 0 aliphatic carbocycles. The molecule has 0 saturated carbocycles. The normalized spacial score (nSPS) is 10.2. The Labute approximate surface area is 88.7 Å². The highest BCUT2D eigenvalue weighted by Crippen LogP contribution is 2.32. The molecule has 15 heavy (non-hydrogen) atoms. The van der Waals surface area contributed by atoms with Gasteiger partial charge in [0.2, 0.25) is 5.15 Å². The van der Waals surface area contributed by atoms with Crippen LogP contribution in [0.5, 0.6) is 0 Å². The Kier molecular flexibility index (Phi) is 2.34. The fraction of sp³-hybridized carbons (Fsp3) is 0. The van der Waals surface area contributed by atoms with Crippen LogP contribution in [0.25, 0.3) is 11.5 Å². The number of halogens is 1. The van der Waals surface area contributed by atoms with Crippen molar-refractivity contribution < 1.29 is 9.34 Å². The minimum absolute atomic E-state index is 0.0741. The highest BCUT2D eigenvalue weighted by atomic mass is 35.5. The minimum Gasteiger partial charge on any atom is -0.462 e. The molecule has 0 N–H and O–H groups in total. The molecule has 2 rings (SSSR count). The minimum atomic E-state index is -0.639. The lowest BCUT2D eigenvalue weighted by Gasteiger charge is -1.98. The van der Waals surface area contributed by atoms with Gasteiger partial charge in [-0.25, -0.2) is 9.97 Å². The lowest BCUT2D eigenvalue weighted by molar-refractivity contribution is -0.384. The number of aromatic nitrogens is 2. The van der Waals surface area contributed by atoms with E-state index in [1.54, 1.807) is 12.1 Å². The zero-order chi connectivity index (χ0) is 10.8. The van der Waals surface area contributed by atoms with Crippen LogP contribution in [0.4, 0.5) is 5.69 Å². The first-order chi connectivity index (χ1) is 7.20. The van der Waals surface area contributed by atoms with Crippen LogP contribution in [0.1, 0.15) is 0 Å². The summed E-state index contributed by atoms with van der Waals surface area (Å²) in [6.45, 7) is 0. The molecule has 0 bridgehead atoms. The lowest BCUT2D eigenvalue weighted by Crippen LogP contribution is -1.96. The SMILES string of the molecule is O=[N+]([O-])c1c(Cl)ncnc1-c1ccco1. The van der Waals surface area contributed by atoms with Gasteiger partial charge in [0, 0.05) is 0 Å². The Morgan fingerprint density at radius 1 is 1.47 bits per heavy atom. The summed E-state index contributed by atoms with van der Waals surface area (Å²) in [5.41, 5.74) is -0.279. The topological polar surface area (TPSA) is 82.1 Å². The molecule has 0 saturated heterocycles. The number of rotatable bonds is 2. The summed E-state index contributed by atoms with van der Waals surface area (Å²) in [5, 5.41) is 10.5. The molecule has 0 radical (unpaired) electrons. The highest BCUT2D eigenvalue weighted by Gasteiger charge is 2.23. The fourth-order valence-electron chi connectivity index (χ4n) is 1.11.